The number of hydrogen-bond acceptors (Lipinski definition) is 4. The van der Waals surface area contributed by atoms with Gasteiger partial charge in [-0.05, 0) is 69.0 Å². The fourth-order valence-electron chi connectivity index (χ4n) is 5.77. The van der Waals surface area contributed by atoms with Crippen LogP contribution in [0.3, 0.4) is 0 Å². The molecule has 1 saturated heterocycles. The molecule has 2 heterocycles. The van der Waals surface area contributed by atoms with Gasteiger partial charge >= 0.3 is 6.03 Å². The highest BCUT2D eigenvalue weighted by molar-refractivity contribution is 6.10. The van der Waals surface area contributed by atoms with Crippen LogP contribution >= 0.6 is 0 Å². The molecular formula is C25H35N5O3. The molecule has 33 heavy (non-hydrogen) atoms. The number of anilines is 1. The van der Waals surface area contributed by atoms with Crippen molar-refractivity contribution in [2.75, 3.05) is 32.5 Å². The quantitative estimate of drug-likeness (QED) is 0.657. The second-order valence-corrected chi connectivity index (χ2v) is 10.9. The number of carbonyl (C=O) groups excluding carboxylic acids is 3. The lowest BCUT2D eigenvalue weighted by Gasteiger charge is -2.43. The van der Waals surface area contributed by atoms with E-state index >= 15 is 0 Å². The maximum Gasteiger partial charge on any atom is 0.325 e. The van der Waals surface area contributed by atoms with Gasteiger partial charge in [-0.15, -0.1) is 0 Å². The van der Waals surface area contributed by atoms with Gasteiger partial charge < -0.3 is 20.1 Å². The van der Waals surface area contributed by atoms with Crippen LogP contribution in [0.15, 0.2) is 30.5 Å². The number of likely N-dealkylation sites (N-methyl/N-ethyl adjacent to an activating group) is 1. The third-order valence-electron chi connectivity index (χ3n) is 6.77. The van der Waals surface area contributed by atoms with E-state index in [1.54, 1.807) is 0 Å². The highest BCUT2D eigenvalue weighted by Crippen LogP contribution is 2.46. The summed E-state index contributed by atoms with van der Waals surface area (Å²) in [5.74, 6) is -0.343. The second kappa shape index (κ2) is 8.48. The minimum Gasteiger partial charge on any atom is -0.346 e. The van der Waals surface area contributed by atoms with Crippen LogP contribution in [-0.4, -0.2) is 64.9 Å². The van der Waals surface area contributed by atoms with Crippen LogP contribution in [0.1, 0.15) is 40.0 Å². The standard InChI is InChI=1S/C25H35N5O3/c1-17-13-24(2,3)16-25(14-17)22(32)30(23(33)27-25)15-21(31)26-19-6-7-20-18(12-19)8-9-29(20)11-10-28(4)5/h6-9,12,17H,10-11,13-16H2,1-5H3,(H,26,31)(H,27,33). The van der Waals surface area contributed by atoms with Crippen LogP contribution in [0.2, 0.25) is 0 Å². The van der Waals surface area contributed by atoms with Crippen molar-refractivity contribution in [2.45, 2.75) is 52.1 Å². The van der Waals surface area contributed by atoms with Crippen molar-refractivity contribution in [3.63, 3.8) is 0 Å². The lowest BCUT2D eigenvalue weighted by Crippen LogP contribution is -2.54. The van der Waals surface area contributed by atoms with Gasteiger partial charge in [0.05, 0.1) is 0 Å². The predicted molar refractivity (Wildman–Crippen MR) is 129 cm³/mol. The van der Waals surface area contributed by atoms with Gasteiger partial charge in [-0.1, -0.05) is 20.8 Å². The van der Waals surface area contributed by atoms with Gasteiger partial charge in [0, 0.05) is 35.9 Å². The van der Waals surface area contributed by atoms with E-state index in [0.717, 1.165) is 35.3 Å². The molecule has 2 unspecified atom stereocenters. The summed E-state index contributed by atoms with van der Waals surface area (Å²) in [5, 5.41) is 6.80. The van der Waals surface area contributed by atoms with Crippen molar-refractivity contribution in [3.05, 3.63) is 30.5 Å². The number of hydrogen-bond donors (Lipinski definition) is 2. The Morgan fingerprint density at radius 3 is 2.67 bits per heavy atom. The number of aromatic nitrogens is 1. The number of nitrogens with zero attached hydrogens (tertiary/aromatic N) is 3. The summed E-state index contributed by atoms with van der Waals surface area (Å²) in [6, 6.07) is 7.29. The van der Waals surface area contributed by atoms with Gasteiger partial charge in [-0.25, -0.2) is 4.79 Å². The lowest BCUT2D eigenvalue weighted by molar-refractivity contribution is -0.136. The SMILES string of the molecule is CC1CC(C)(C)CC2(C1)NC(=O)N(CC(=O)Nc1ccc3c(ccn3CCN(C)C)c1)C2=O. The van der Waals surface area contributed by atoms with Crippen LogP contribution in [0.25, 0.3) is 10.9 Å². The van der Waals surface area contributed by atoms with E-state index in [2.05, 4.69) is 40.9 Å². The first kappa shape index (κ1) is 23.3. The molecular weight excluding hydrogens is 418 g/mol. The number of amides is 4. The minimum atomic E-state index is -0.896. The van der Waals surface area contributed by atoms with Crippen molar-refractivity contribution in [1.29, 1.82) is 0 Å². The van der Waals surface area contributed by atoms with E-state index in [0.29, 0.717) is 24.4 Å². The third kappa shape index (κ3) is 4.76. The first-order valence-electron chi connectivity index (χ1n) is 11.7. The fraction of sp³-hybridized carbons (Fsp3) is 0.560. The Morgan fingerprint density at radius 1 is 1.21 bits per heavy atom. The smallest absolute Gasteiger partial charge is 0.325 e. The Balaban J connectivity index is 1.43. The van der Waals surface area contributed by atoms with E-state index in [-0.39, 0.29) is 23.8 Å². The number of nitrogens with one attached hydrogen (secondary N) is 2. The summed E-state index contributed by atoms with van der Waals surface area (Å²) in [5.41, 5.74) is 0.802. The maximum atomic E-state index is 13.3. The molecule has 2 N–H and O–H groups in total. The van der Waals surface area contributed by atoms with E-state index < -0.39 is 11.6 Å². The number of fused-ring (bicyclic) bond motifs is 1. The topological polar surface area (TPSA) is 86.7 Å². The van der Waals surface area contributed by atoms with E-state index in [1.165, 1.54) is 0 Å². The summed E-state index contributed by atoms with van der Waals surface area (Å²) in [4.78, 5) is 41.9. The number of imide groups is 1. The maximum absolute atomic E-state index is 13.3. The third-order valence-corrected chi connectivity index (χ3v) is 6.77. The monoisotopic (exact) mass is 453 g/mol. The molecule has 4 rings (SSSR count). The van der Waals surface area contributed by atoms with Crippen molar-refractivity contribution in [1.82, 2.24) is 19.7 Å². The van der Waals surface area contributed by atoms with Gasteiger partial charge in [0.15, 0.2) is 0 Å². The molecule has 8 heteroatoms. The van der Waals surface area contributed by atoms with Crippen LogP contribution in [0.4, 0.5) is 10.5 Å². The molecule has 0 radical (unpaired) electrons. The van der Waals surface area contributed by atoms with Crippen LogP contribution in [-0.2, 0) is 16.1 Å². The Kier molecular flexibility index (Phi) is 5.99. The van der Waals surface area contributed by atoms with Gasteiger partial charge in [-0.2, -0.15) is 0 Å². The zero-order valence-corrected chi connectivity index (χ0v) is 20.3. The van der Waals surface area contributed by atoms with Gasteiger partial charge in [-0.3, -0.25) is 14.5 Å². The molecule has 178 valence electrons. The zero-order chi connectivity index (χ0) is 24.0. The van der Waals surface area contributed by atoms with Crippen LogP contribution in [0, 0.1) is 11.3 Å². The van der Waals surface area contributed by atoms with Crippen LogP contribution in [0.5, 0.6) is 0 Å². The summed E-state index contributed by atoms with van der Waals surface area (Å²) in [6.45, 7) is 7.90. The molecule has 2 atom stereocenters. The number of benzene rings is 1. The molecule has 1 saturated carbocycles. The largest absolute Gasteiger partial charge is 0.346 e. The first-order chi connectivity index (χ1) is 15.5. The molecule has 4 amide bonds. The van der Waals surface area contributed by atoms with Gasteiger partial charge in [0.25, 0.3) is 5.91 Å². The molecule has 2 aliphatic rings. The van der Waals surface area contributed by atoms with Crippen molar-refractivity contribution in [2.24, 2.45) is 11.3 Å². The molecule has 2 fully saturated rings. The fourth-order valence-corrected chi connectivity index (χ4v) is 5.77. The van der Waals surface area contributed by atoms with E-state index in [1.807, 2.05) is 44.6 Å². The summed E-state index contributed by atoms with van der Waals surface area (Å²) in [7, 11) is 4.09. The Hall–Kier alpha value is -2.87. The van der Waals surface area contributed by atoms with Crippen molar-refractivity contribution in [3.8, 4) is 0 Å². The summed E-state index contributed by atoms with van der Waals surface area (Å²) >= 11 is 0. The second-order valence-electron chi connectivity index (χ2n) is 10.9. The van der Waals surface area contributed by atoms with Crippen molar-refractivity contribution < 1.29 is 14.4 Å². The molecule has 1 aromatic heterocycles. The van der Waals surface area contributed by atoms with Crippen LogP contribution < -0.4 is 10.6 Å². The molecule has 8 nitrogen and oxygen atoms in total. The number of rotatable bonds is 6. The Bertz CT molecular complexity index is 1090. The number of carbonyl (C=O) groups is 3. The molecule has 1 aromatic carbocycles. The van der Waals surface area contributed by atoms with Gasteiger partial charge in [0.1, 0.15) is 12.1 Å². The molecule has 2 aromatic rings. The number of urea groups is 1. The predicted octanol–water partition coefficient (Wildman–Crippen LogP) is 3.28. The average molecular weight is 454 g/mol. The van der Waals surface area contributed by atoms with Gasteiger partial charge in [0.2, 0.25) is 5.91 Å². The summed E-state index contributed by atoms with van der Waals surface area (Å²) in [6.07, 6.45) is 4.26. The molecule has 1 spiro atoms. The average Bonchev–Trinajstić information content (AvgIpc) is 3.18. The Morgan fingerprint density at radius 2 is 1.97 bits per heavy atom. The highest BCUT2D eigenvalue weighted by Gasteiger charge is 2.56. The molecule has 1 aliphatic carbocycles. The van der Waals surface area contributed by atoms with E-state index in [9.17, 15) is 14.4 Å². The Labute approximate surface area is 195 Å². The lowest BCUT2D eigenvalue weighted by atomic mass is 9.64. The summed E-state index contributed by atoms with van der Waals surface area (Å²) < 4.78 is 2.18. The highest BCUT2D eigenvalue weighted by atomic mass is 16.2. The zero-order valence-electron chi connectivity index (χ0n) is 20.3. The van der Waals surface area contributed by atoms with Crippen molar-refractivity contribution >= 4 is 34.4 Å². The van der Waals surface area contributed by atoms with E-state index in [4.69, 9.17) is 0 Å². The molecule has 1 aliphatic heterocycles. The normalized spacial score (nSPS) is 24.7. The minimum absolute atomic E-state index is 0.0444. The first-order valence-corrected chi connectivity index (χ1v) is 11.7. The molecule has 0 bridgehead atoms.